The highest BCUT2D eigenvalue weighted by atomic mass is 15.3. The lowest BCUT2D eigenvalue weighted by atomic mass is 10.2. The van der Waals surface area contributed by atoms with E-state index < -0.39 is 0 Å². The molecule has 0 aliphatic heterocycles. The first kappa shape index (κ1) is 16.2. The van der Waals surface area contributed by atoms with Crippen molar-refractivity contribution in [3.63, 3.8) is 0 Å². The second-order valence-electron chi connectivity index (χ2n) is 5.93. The summed E-state index contributed by atoms with van der Waals surface area (Å²) in [5.41, 5.74) is 2.68. The maximum atomic E-state index is 5.53. The van der Waals surface area contributed by atoms with Crippen LogP contribution in [0.5, 0.6) is 0 Å². The molecule has 0 saturated heterocycles. The van der Waals surface area contributed by atoms with Gasteiger partial charge in [0.2, 0.25) is 5.96 Å². The van der Waals surface area contributed by atoms with Crippen molar-refractivity contribution in [3.8, 4) is 0 Å². The van der Waals surface area contributed by atoms with E-state index in [4.69, 9.17) is 5.84 Å². The lowest BCUT2D eigenvalue weighted by Crippen LogP contribution is -2.46. The van der Waals surface area contributed by atoms with Gasteiger partial charge in [0.25, 0.3) is 0 Å². The number of nitrogens with one attached hydrogen (secondary N) is 2. The van der Waals surface area contributed by atoms with Gasteiger partial charge in [0.1, 0.15) is 0 Å². The Labute approximate surface area is 118 Å². The quantitative estimate of drug-likeness (QED) is 0.296. The minimum Gasteiger partial charge on any atom is -0.353 e. The van der Waals surface area contributed by atoms with Gasteiger partial charge in [-0.15, -0.1) is 0 Å². The van der Waals surface area contributed by atoms with Crippen molar-refractivity contribution in [2.24, 2.45) is 10.8 Å². The Morgan fingerprint density at radius 1 is 1.21 bits per heavy atom. The molecule has 5 heteroatoms. The zero-order valence-electron chi connectivity index (χ0n) is 12.9. The summed E-state index contributed by atoms with van der Waals surface area (Å²) in [5, 5.41) is 3.39. The molecule has 0 atom stereocenters. The zero-order valence-corrected chi connectivity index (χ0v) is 12.9. The van der Waals surface area contributed by atoms with Gasteiger partial charge in [-0.25, -0.2) is 5.84 Å². The highest BCUT2D eigenvalue weighted by Gasteiger charge is 2.16. The molecule has 0 radical (unpaired) electrons. The van der Waals surface area contributed by atoms with Gasteiger partial charge in [-0.1, -0.05) is 12.8 Å². The predicted octanol–water partition coefficient (Wildman–Crippen LogP) is 1.46. The number of guanidine groups is 1. The first-order chi connectivity index (χ1) is 9.04. The molecular weight excluding hydrogens is 238 g/mol. The fourth-order valence-electron chi connectivity index (χ4n) is 2.79. The van der Waals surface area contributed by atoms with Crippen molar-refractivity contribution < 1.29 is 0 Å². The van der Waals surface area contributed by atoms with Gasteiger partial charge in [-0.3, -0.25) is 15.3 Å². The summed E-state index contributed by atoms with van der Waals surface area (Å²) in [7, 11) is 0. The highest BCUT2D eigenvalue weighted by Crippen LogP contribution is 2.17. The Hall–Kier alpha value is -0.810. The van der Waals surface area contributed by atoms with Gasteiger partial charge in [0.15, 0.2) is 0 Å². The number of nitrogens with two attached hydrogens (primary N) is 1. The topological polar surface area (TPSA) is 65.7 Å². The maximum absolute atomic E-state index is 5.53. The molecule has 19 heavy (non-hydrogen) atoms. The molecule has 4 N–H and O–H groups in total. The van der Waals surface area contributed by atoms with Crippen LogP contribution in [-0.2, 0) is 0 Å². The van der Waals surface area contributed by atoms with Gasteiger partial charge in [0, 0.05) is 24.7 Å². The summed E-state index contributed by atoms with van der Waals surface area (Å²) in [6.07, 6.45) is 5.07. The summed E-state index contributed by atoms with van der Waals surface area (Å²) in [4.78, 5) is 6.98. The Bertz CT molecular complexity index is 261. The Balaban J connectivity index is 2.38. The largest absolute Gasteiger partial charge is 0.353 e. The first-order valence-corrected chi connectivity index (χ1v) is 7.58. The standard InChI is InChI=1S/C14H31N5/c1-11(2)19(12(3)4)10-9-16-14(18-15)17-13-7-5-6-8-13/h11-13H,5-10,15H2,1-4H3,(H2,16,17,18). The molecule has 0 bridgehead atoms. The minimum atomic E-state index is 0.543. The van der Waals surface area contributed by atoms with Crippen LogP contribution < -0.4 is 16.6 Å². The fraction of sp³-hybridized carbons (Fsp3) is 0.929. The lowest BCUT2D eigenvalue weighted by Gasteiger charge is -2.29. The van der Waals surface area contributed by atoms with Crippen LogP contribution in [0.15, 0.2) is 4.99 Å². The molecule has 0 heterocycles. The van der Waals surface area contributed by atoms with E-state index in [2.05, 4.69) is 48.3 Å². The van der Waals surface area contributed by atoms with Gasteiger partial charge >= 0.3 is 0 Å². The molecule has 112 valence electrons. The molecule has 1 saturated carbocycles. The Morgan fingerprint density at radius 2 is 1.79 bits per heavy atom. The van der Waals surface area contributed by atoms with Crippen molar-refractivity contribution in [2.45, 2.75) is 71.5 Å². The van der Waals surface area contributed by atoms with Crippen LogP contribution in [-0.4, -0.2) is 42.1 Å². The fourth-order valence-corrected chi connectivity index (χ4v) is 2.79. The summed E-state index contributed by atoms with van der Waals surface area (Å²) < 4.78 is 0. The molecule has 0 unspecified atom stereocenters. The molecule has 1 aliphatic rings. The average Bonchev–Trinajstić information content (AvgIpc) is 2.84. The van der Waals surface area contributed by atoms with Crippen LogP contribution in [0.1, 0.15) is 53.4 Å². The van der Waals surface area contributed by atoms with Crippen molar-refractivity contribution >= 4 is 5.96 Å². The number of hydrazine groups is 1. The predicted molar refractivity (Wildman–Crippen MR) is 82.0 cm³/mol. The molecule has 0 amide bonds. The second kappa shape index (κ2) is 8.38. The molecule has 1 fully saturated rings. The molecule has 0 aromatic heterocycles. The molecule has 0 aromatic rings. The van der Waals surface area contributed by atoms with Crippen LogP contribution >= 0.6 is 0 Å². The van der Waals surface area contributed by atoms with E-state index in [-0.39, 0.29) is 0 Å². The number of hydrogen-bond donors (Lipinski definition) is 3. The minimum absolute atomic E-state index is 0.543. The summed E-state index contributed by atoms with van der Waals surface area (Å²) >= 11 is 0. The normalized spacial score (nSPS) is 17.8. The third kappa shape index (κ3) is 5.78. The molecule has 0 aromatic carbocycles. The number of hydrogen-bond acceptors (Lipinski definition) is 3. The summed E-state index contributed by atoms with van der Waals surface area (Å²) in [6.45, 7) is 10.6. The van der Waals surface area contributed by atoms with Crippen LogP contribution in [0.4, 0.5) is 0 Å². The molecule has 0 spiro atoms. The summed E-state index contributed by atoms with van der Waals surface area (Å²) in [6, 6.07) is 1.64. The molecular formula is C14H31N5. The van der Waals surface area contributed by atoms with E-state index >= 15 is 0 Å². The van der Waals surface area contributed by atoms with Crippen LogP contribution in [0.2, 0.25) is 0 Å². The van der Waals surface area contributed by atoms with Crippen molar-refractivity contribution in [2.75, 3.05) is 13.1 Å². The zero-order chi connectivity index (χ0) is 14.3. The maximum Gasteiger partial charge on any atom is 0.205 e. The van der Waals surface area contributed by atoms with E-state index in [9.17, 15) is 0 Å². The number of nitrogens with zero attached hydrogens (tertiary/aromatic N) is 2. The Kier molecular flexibility index (Phi) is 7.16. The van der Waals surface area contributed by atoms with Gasteiger partial charge in [-0.05, 0) is 40.5 Å². The summed E-state index contributed by atoms with van der Waals surface area (Å²) in [5.74, 6) is 6.27. The average molecular weight is 269 g/mol. The molecule has 1 rings (SSSR count). The third-order valence-corrected chi connectivity index (χ3v) is 3.79. The third-order valence-electron chi connectivity index (χ3n) is 3.79. The second-order valence-corrected chi connectivity index (χ2v) is 5.93. The van der Waals surface area contributed by atoms with E-state index in [1.165, 1.54) is 25.7 Å². The van der Waals surface area contributed by atoms with E-state index in [0.717, 1.165) is 19.0 Å². The van der Waals surface area contributed by atoms with Crippen LogP contribution in [0, 0.1) is 0 Å². The molecule has 5 nitrogen and oxygen atoms in total. The highest BCUT2D eigenvalue weighted by molar-refractivity contribution is 5.79. The van der Waals surface area contributed by atoms with Gasteiger partial charge < -0.3 is 5.32 Å². The number of rotatable bonds is 6. The lowest BCUT2D eigenvalue weighted by molar-refractivity contribution is 0.181. The van der Waals surface area contributed by atoms with E-state index in [0.29, 0.717) is 18.1 Å². The molecule has 1 aliphatic carbocycles. The monoisotopic (exact) mass is 269 g/mol. The van der Waals surface area contributed by atoms with Crippen molar-refractivity contribution in [3.05, 3.63) is 0 Å². The Morgan fingerprint density at radius 3 is 2.26 bits per heavy atom. The first-order valence-electron chi connectivity index (χ1n) is 7.58. The smallest absolute Gasteiger partial charge is 0.205 e. The van der Waals surface area contributed by atoms with Crippen LogP contribution in [0.25, 0.3) is 0 Å². The van der Waals surface area contributed by atoms with E-state index in [1.54, 1.807) is 0 Å². The number of aliphatic imine (C=N–C) groups is 1. The SMILES string of the molecule is CC(C)N(CCN=C(NN)NC1CCCC1)C(C)C. The van der Waals surface area contributed by atoms with Gasteiger partial charge in [-0.2, -0.15) is 0 Å². The van der Waals surface area contributed by atoms with Crippen LogP contribution in [0.3, 0.4) is 0 Å². The van der Waals surface area contributed by atoms with Crippen molar-refractivity contribution in [1.82, 2.24) is 15.6 Å². The van der Waals surface area contributed by atoms with Crippen molar-refractivity contribution in [1.29, 1.82) is 0 Å². The van der Waals surface area contributed by atoms with Gasteiger partial charge in [0.05, 0.1) is 6.54 Å². The van der Waals surface area contributed by atoms with E-state index in [1.807, 2.05) is 0 Å².